The van der Waals surface area contributed by atoms with Crippen molar-refractivity contribution in [2.45, 2.75) is 18.5 Å². The van der Waals surface area contributed by atoms with Crippen molar-refractivity contribution in [1.29, 1.82) is 0 Å². The van der Waals surface area contributed by atoms with Crippen molar-refractivity contribution in [2.24, 2.45) is 0 Å². The molecule has 0 unspecified atom stereocenters. The Morgan fingerprint density at radius 2 is 2.07 bits per heavy atom. The molecule has 28 heavy (non-hydrogen) atoms. The minimum absolute atomic E-state index is 0.223. The Hall–Kier alpha value is -1.78. The van der Waals surface area contributed by atoms with E-state index in [1.807, 2.05) is 24.3 Å². The Kier molecular flexibility index (Phi) is 5.05. The van der Waals surface area contributed by atoms with E-state index in [0.717, 1.165) is 22.1 Å². The van der Waals surface area contributed by atoms with E-state index in [9.17, 15) is 13.2 Å². The van der Waals surface area contributed by atoms with Crippen LogP contribution in [0.3, 0.4) is 0 Å². The predicted molar refractivity (Wildman–Crippen MR) is 110 cm³/mol. The Labute approximate surface area is 175 Å². The second-order valence-corrected chi connectivity index (χ2v) is 10.3. The van der Waals surface area contributed by atoms with E-state index in [0.29, 0.717) is 21.3 Å². The molecule has 11 heteroatoms. The molecule has 2 heterocycles. The van der Waals surface area contributed by atoms with Gasteiger partial charge in [0.2, 0.25) is 15.9 Å². The number of sulfonamides is 1. The molecule has 1 aromatic carbocycles. The van der Waals surface area contributed by atoms with Gasteiger partial charge in [0, 0.05) is 6.07 Å². The van der Waals surface area contributed by atoms with Crippen molar-refractivity contribution in [2.75, 3.05) is 6.26 Å². The quantitative estimate of drug-likeness (QED) is 0.551. The lowest BCUT2D eigenvalue weighted by atomic mass is 10.1. The molecule has 1 aliphatic rings. The first-order valence-corrected chi connectivity index (χ1v) is 11.7. The van der Waals surface area contributed by atoms with Crippen molar-refractivity contribution in [3.8, 4) is 5.88 Å². The molecule has 0 aliphatic heterocycles. The fourth-order valence-electron chi connectivity index (χ4n) is 3.34. The summed E-state index contributed by atoms with van der Waals surface area (Å²) in [5.41, 5.74) is 2.40. The third-order valence-corrected chi connectivity index (χ3v) is 7.04. The maximum Gasteiger partial charge on any atom is 0.414 e. The molecule has 148 valence electrons. The van der Waals surface area contributed by atoms with E-state index < -0.39 is 28.2 Å². The van der Waals surface area contributed by atoms with Crippen LogP contribution in [0.15, 0.2) is 30.3 Å². The molecule has 0 saturated heterocycles. The monoisotopic (exact) mass is 459 g/mol. The molecule has 1 amide bonds. The Morgan fingerprint density at radius 3 is 2.79 bits per heavy atom. The molecule has 2 atom stereocenters. The molecule has 4 rings (SSSR count). The van der Waals surface area contributed by atoms with Gasteiger partial charge in [-0.3, -0.25) is 0 Å². The van der Waals surface area contributed by atoms with E-state index in [1.54, 1.807) is 6.07 Å². The minimum atomic E-state index is -3.47. The van der Waals surface area contributed by atoms with E-state index >= 15 is 0 Å². The van der Waals surface area contributed by atoms with Gasteiger partial charge in [0.05, 0.1) is 33.6 Å². The van der Waals surface area contributed by atoms with Crippen LogP contribution in [-0.2, 0) is 16.4 Å². The number of aromatic nitrogens is 1. The van der Waals surface area contributed by atoms with Crippen LogP contribution >= 0.6 is 34.5 Å². The van der Waals surface area contributed by atoms with Crippen LogP contribution in [0.5, 0.6) is 5.88 Å². The van der Waals surface area contributed by atoms with Gasteiger partial charge >= 0.3 is 6.09 Å². The van der Waals surface area contributed by atoms with Gasteiger partial charge in [-0.15, -0.1) is 11.3 Å². The molecule has 0 saturated carbocycles. The van der Waals surface area contributed by atoms with Crippen LogP contribution < -0.4 is 14.8 Å². The first kappa shape index (κ1) is 19.5. The first-order valence-electron chi connectivity index (χ1n) is 8.21. The molecule has 0 fully saturated rings. The maximum atomic E-state index is 12.4. The summed E-state index contributed by atoms with van der Waals surface area (Å²) in [4.78, 5) is 15.3. The number of carbonyl (C=O) groups is 1. The highest BCUT2D eigenvalue weighted by Gasteiger charge is 2.35. The highest BCUT2D eigenvalue weighted by molar-refractivity contribution is 7.88. The number of amides is 1. The summed E-state index contributed by atoms with van der Waals surface area (Å²) < 4.78 is 32.7. The fourth-order valence-corrected chi connectivity index (χ4v) is 5.56. The van der Waals surface area contributed by atoms with Gasteiger partial charge in [-0.25, -0.2) is 17.9 Å². The van der Waals surface area contributed by atoms with Gasteiger partial charge in [-0.05, 0) is 17.5 Å². The first-order chi connectivity index (χ1) is 13.2. The summed E-state index contributed by atoms with van der Waals surface area (Å²) in [6.45, 7) is 0. The zero-order chi connectivity index (χ0) is 20.1. The number of halogens is 2. The number of H-pyrrole nitrogens is 1. The fraction of sp³-hybridized carbons (Fsp3) is 0.235. The average molecular weight is 460 g/mol. The van der Waals surface area contributed by atoms with E-state index in [-0.39, 0.29) is 5.88 Å². The molecule has 7 nitrogen and oxygen atoms in total. The topological polar surface area (TPSA) is 100 Å². The van der Waals surface area contributed by atoms with Gasteiger partial charge in [0.15, 0.2) is 0 Å². The van der Waals surface area contributed by atoms with E-state index in [2.05, 4.69) is 15.0 Å². The van der Waals surface area contributed by atoms with Gasteiger partial charge in [0.1, 0.15) is 4.34 Å². The Bertz CT molecular complexity index is 1170. The average Bonchev–Trinajstić information content (AvgIpc) is 3.21. The molecule has 3 N–H and O–H groups in total. The van der Waals surface area contributed by atoms with Crippen LogP contribution in [0.2, 0.25) is 9.36 Å². The van der Waals surface area contributed by atoms with Crippen molar-refractivity contribution < 1.29 is 17.9 Å². The number of aromatic amines is 1. The van der Waals surface area contributed by atoms with Crippen molar-refractivity contribution in [1.82, 2.24) is 15.0 Å². The zero-order valence-corrected chi connectivity index (χ0v) is 17.6. The van der Waals surface area contributed by atoms with Crippen LogP contribution in [0.25, 0.3) is 10.2 Å². The molecular formula is C17H15Cl2N3O4S2. The number of thiophene rings is 1. The molecule has 1 aliphatic carbocycles. The van der Waals surface area contributed by atoms with E-state index in [4.69, 9.17) is 27.9 Å². The lowest BCUT2D eigenvalue weighted by Gasteiger charge is -2.21. The van der Waals surface area contributed by atoms with Crippen LogP contribution in [-0.4, -0.2) is 31.8 Å². The SMILES string of the molecule is CS(=O)(=O)N[C@H]1c2ccccc2C[C@@H]1NC(=O)Oc1cc2sc(Cl)c(Cl)c2[nH]1. The van der Waals surface area contributed by atoms with Gasteiger partial charge in [-0.1, -0.05) is 47.5 Å². The third-order valence-electron chi connectivity index (χ3n) is 4.43. The molecular weight excluding hydrogens is 445 g/mol. The smallest absolute Gasteiger partial charge is 0.393 e. The van der Waals surface area contributed by atoms with Crippen LogP contribution in [0, 0.1) is 0 Å². The number of hydrogen-bond acceptors (Lipinski definition) is 5. The molecule has 2 aromatic heterocycles. The zero-order valence-electron chi connectivity index (χ0n) is 14.5. The van der Waals surface area contributed by atoms with Crippen LogP contribution in [0.4, 0.5) is 4.79 Å². The van der Waals surface area contributed by atoms with Gasteiger partial charge in [0.25, 0.3) is 0 Å². The number of benzene rings is 1. The van der Waals surface area contributed by atoms with Gasteiger partial charge in [-0.2, -0.15) is 0 Å². The molecule has 0 bridgehead atoms. The summed E-state index contributed by atoms with van der Waals surface area (Å²) in [6, 6.07) is 8.04. The van der Waals surface area contributed by atoms with E-state index in [1.165, 1.54) is 11.3 Å². The molecule has 0 spiro atoms. The standard InChI is InChI=1S/C17H15Cl2N3O4S2/c1-28(24,25)22-14-9-5-3-2-4-8(9)6-10(14)20-17(23)26-12-7-11-15(21-12)13(18)16(19)27-11/h2-5,7,10,14,21-22H,6H2,1H3,(H,20,23)/t10-,14-/m0/s1. The second-order valence-electron chi connectivity index (χ2n) is 6.47. The highest BCUT2D eigenvalue weighted by atomic mass is 35.5. The summed E-state index contributed by atoms with van der Waals surface area (Å²) in [6.07, 6.45) is 0.873. The Morgan fingerprint density at radius 1 is 1.32 bits per heavy atom. The summed E-state index contributed by atoms with van der Waals surface area (Å²) >= 11 is 13.3. The van der Waals surface area contributed by atoms with Crippen molar-refractivity contribution in [3.63, 3.8) is 0 Å². The Balaban J connectivity index is 1.51. The molecule has 3 aromatic rings. The number of ether oxygens (including phenoxy) is 1. The van der Waals surface area contributed by atoms with Gasteiger partial charge < -0.3 is 15.0 Å². The number of hydrogen-bond donors (Lipinski definition) is 3. The summed E-state index contributed by atoms with van der Waals surface area (Å²) in [5, 5.41) is 3.12. The predicted octanol–water partition coefficient (Wildman–Crippen LogP) is 3.84. The summed E-state index contributed by atoms with van der Waals surface area (Å²) in [7, 11) is -3.47. The molecule has 0 radical (unpaired) electrons. The number of nitrogens with one attached hydrogen (secondary N) is 3. The third kappa shape index (κ3) is 3.85. The second kappa shape index (κ2) is 7.23. The lowest BCUT2D eigenvalue weighted by Crippen LogP contribution is -2.45. The van der Waals surface area contributed by atoms with Crippen LogP contribution in [0.1, 0.15) is 17.2 Å². The minimum Gasteiger partial charge on any atom is -0.393 e. The lowest BCUT2D eigenvalue weighted by molar-refractivity contribution is 0.192. The van der Waals surface area contributed by atoms with Crippen molar-refractivity contribution >= 4 is 60.9 Å². The summed E-state index contributed by atoms with van der Waals surface area (Å²) in [5.74, 6) is 0.223. The number of fused-ring (bicyclic) bond motifs is 2. The normalized spacial score (nSPS) is 19.0. The number of carbonyl (C=O) groups excluding carboxylic acids is 1. The highest BCUT2D eigenvalue weighted by Crippen LogP contribution is 2.40. The largest absolute Gasteiger partial charge is 0.414 e. The maximum absolute atomic E-state index is 12.4. The number of rotatable bonds is 4. The van der Waals surface area contributed by atoms with Crippen molar-refractivity contribution in [3.05, 3.63) is 50.8 Å².